The number of aryl methyl sites for hydroxylation is 1. The summed E-state index contributed by atoms with van der Waals surface area (Å²) in [6, 6.07) is 8.70. The van der Waals surface area contributed by atoms with E-state index in [0.29, 0.717) is 37.4 Å². The highest BCUT2D eigenvalue weighted by atomic mass is 19.4. The maximum Gasteiger partial charge on any atom is 0.408 e. The number of aromatic nitrogens is 3. The Labute approximate surface area is 187 Å². The number of fused-ring (bicyclic) bond motifs is 1. The maximum absolute atomic E-state index is 13.4. The van der Waals surface area contributed by atoms with E-state index in [1.54, 1.807) is 17.9 Å². The lowest BCUT2D eigenvalue weighted by Gasteiger charge is -2.21. The average Bonchev–Trinajstić information content (AvgIpc) is 3.39. The van der Waals surface area contributed by atoms with Gasteiger partial charge in [0.15, 0.2) is 5.65 Å². The Morgan fingerprint density at radius 3 is 2.52 bits per heavy atom. The summed E-state index contributed by atoms with van der Waals surface area (Å²) in [4.78, 5) is 33.3. The van der Waals surface area contributed by atoms with E-state index in [1.807, 2.05) is 30.3 Å². The summed E-state index contributed by atoms with van der Waals surface area (Å²) in [6.07, 6.45) is -2.47. The first-order valence-electron chi connectivity index (χ1n) is 10.6. The van der Waals surface area contributed by atoms with E-state index in [1.165, 1.54) is 15.6 Å². The first kappa shape index (κ1) is 21.2. The number of nitrogens with one attached hydrogen (secondary N) is 1. The van der Waals surface area contributed by atoms with E-state index in [2.05, 4.69) is 15.4 Å². The Kier molecular flexibility index (Phi) is 4.98. The summed E-state index contributed by atoms with van der Waals surface area (Å²) < 4.78 is 41.5. The molecule has 0 bridgehead atoms. The smallest absolute Gasteiger partial charge is 0.340 e. The largest absolute Gasteiger partial charge is 0.408 e. The SMILES string of the molecule is Cc1cc(N2CCN(c3ccccc3)C2=O)nc2c(C(=O)NC(C3CC3)C(F)(F)F)cnn12. The van der Waals surface area contributed by atoms with Gasteiger partial charge in [-0.2, -0.15) is 18.3 Å². The van der Waals surface area contributed by atoms with Crippen LogP contribution in [0.2, 0.25) is 0 Å². The van der Waals surface area contributed by atoms with Gasteiger partial charge in [0.05, 0.1) is 6.20 Å². The van der Waals surface area contributed by atoms with Crippen molar-refractivity contribution in [2.45, 2.75) is 32.0 Å². The summed E-state index contributed by atoms with van der Waals surface area (Å²) in [5.41, 5.74) is 1.38. The van der Waals surface area contributed by atoms with E-state index in [-0.39, 0.29) is 17.2 Å². The van der Waals surface area contributed by atoms with E-state index in [0.717, 1.165) is 5.69 Å². The standard InChI is InChI=1S/C22H21F3N6O2/c1-13-11-17(30-10-9-29(21(30)33)15-5-3-2-4-6-15)27-19-16(12-26-31(13)19)20(32)28-18(14-7-8-14)22(23,24)25/h2-6,11-12,14,18H,7-10H2,1H3,(H,28,32). The Morgan fingerprint density at radius 2 is 1.85 bits per heavy atom. The molecular weight excluding hydrogens is 437 g/mol. The molecule has 1 N–H and O–H groups in total. The monoisotopic (exact) mass is 458 g/mol. The van der Waals surface area contributed by atoms with Crippen molar-refractivity contribution in [3.8, 4) is 0 Å². The Morgan fingerprint density at radius 1 is 1.15 bits per heavy atom. The molecule has 33 heavy (non-hydrogen) atoms. The highest BCUT2D eigenvalue weighted by Gasteiger charge is 2.50. The van der Waals surface area contributed by atoms with Gasteiger partial charge in [-0.05, 0) is 37.8 Å². The van der Waals surface area contributed by atoms with Gasteiger partial charge >= 0.3 is 12.2 Å². The van der Waals surface area contributed by atoms with Crippen molar-refractivity contribution in [2.75, 3.05) is 22.9 Å². The van der Waals surface area contributed by atoms with Crippen LogP contribution in [0.3, 0.4) is 0 Å². The molecular formula is C22H21F3N6O2. The zero-order valence-electron chi connectivity index (χ0n) is 17.7. The number of para-hydroxylation sites is 1. The summed E-state index contributed by atoms with van der Waals surface area (Å²) in [5.74, 6) is -1.18. The summed E-state index contributed by atoms with van der Waals surface area (Å²) in [6.45, 7) is 2.56. The predicted octanol–water partition coefficient (Wildman–Crippen LogP) is 3.56. The number of hydrogen-bond acceptors (Lipinski definition) is 4. The van der Waals surface area contributed by atoms with Crippen LogP contribution >= 0.6 is 0 Å². The van der Waals surface area contributed by atoms with Gasteiger partial charge in [-0.3, -0.25) is 14.6 Å². The minimum atomic E-state index is -4.53. The molecule has 1 unspecified atom stereocenters. The number of amides is 3. The zero-order valence-corrected chi connectivity index (χ0v) is 17.7. The van der Waals surface area contributed by atoms with Crippen molar-refractivity contribution in [3.05, 3.63) is 53.9 Å². The number of rotatable bonds is 5. The molecule has 1 saturated heterocycles. The van der Waals surface area contributed by atoms with Crippen LogP contribution in [0.15, 0.2) is 42.6 Å². The molecule has 1 aliphatic heterocycles. The van der Waals surface area contributed by atoms with Crippen LogP contribution in [0.25, 0.3) is 5.65 Å². The number of benzene rings is 1. The van der Waals surface area contributed by atoms with Gasteiger partial charge in [0.25, 0.3) is 5.91 Å². The normalized spacial score (nSPS) is 17.6. The third-order valence-corrected chi connectivity index (χ3v) is 5.97. The van der Waals surface area contributed by atoms with Gasteiger partial charge in [0.2, 0.25) is 0 Å². The first-order chi connectivity index (χ1) is 15.7. The summed E-state index contributed by atoms with van der Waals surface area (Å²) in [7, 11) is 0. The third kappa shape index (κ3) is 3.87. The van der Waals surface area contributed by atoms with Gasteiger partial charge in [0.1, 0.15) is 17.4 Å². The van der Waals surface area contributed by atoms with Crippen molar-refractivity contribution in [1.82, 2.24) is 19.9 Å². The van der Waals surface area contributed by atoms with Crippen molar-refractivity contribution in [2.24, 2.45) is 5.92 Å². The topological polar surface area (TPSA) is 82.8 Å². The van der Waals surface area contributed by atoms with Gasteiger partial charge in [0, 0.05) is 30.5 Å². The van der Waals surface area contributed by atoms with Crippen LogP contribution in [0.4, 0.5) is 29.5 Å². The summed E-state index contributed by atoms with van der Waals surface area (Å²) >= 11 is 0. The number of carbonyl (C=O) groups excluding carboxylic acids is 2. The third-order valence-electron chi connectivity index (χ3n) is 5.97. The molecule has 172 valence electrons. The number of urea groups is 1. The summed E-state index contributed by atoms with van der Waals surface area (Å²) in [5, 5.41) is 6.23. The molecule has 2 aromatic heterocycles. The van der Waals surface area contributed by atoms with Crippen LogP contribution in [-0.2, 0) is 0 Å². The second-order valence-electron chi connectivity index (χ2n) is 8.30. The molecule has 1 atom stereocenters. The minimum Gasteiger partial charge on any atom is -0.340 e. The molecule has 3 heterocycles. The molecule has 2 aliphatic rings. The molecule has 1 aromatic carbocycles. The van der Waals surface area contributed by atoms with Crippen molar-refractivity contribution >= 4 is 29.1 Å². The fourth-order valence-electron chi connectivity index (χ4n) is 4.11. The highest BCUT2D eigenvalue weighted by molar-refractivity contribution is 6.06. The van der Waals surface area contributed by atoms with Crippen molar-refractivity contribution in [1.29, 1.82) is 0 Å². The van der Waals surface area contributed by atoms with Crippen molar-refractivity contribution in [3.63, 3.8) is 0 Å². The lowest BCUT2D eigenvalue weighted by molar-refractivity contribution is -0.158. The number of nitrogens with zero attached hydrogens (tertiary/aromatic N) is 5. The molecule has 8 nitrogen and oxygen atoms in total. The Bertz CT molecular complexity index is 1220. The minimum absolute atomic E-state index is 0.0681. The number of halogens is 3. The highest BCUT2D eigenvalue weighted by Crippen LogP contribution is 2.40. The van der Waals surface area contributed by atoms with Crippen LogP contribution in [0.5, 0.6) is 0 Å². The van der Waals surface area contributed by atoms with Crippen LogP contribution in [0.1, 0.15) is 28.9 Å². The Balaban J connectivity index is 1.45. The number of hydrogen-bond donors (Lipinski definition) is 1. The van der Waals surface area contributed by atoms with E-state index in [9.17, 15) is 22.8 Å². The molecule has 3 amide bonds. The average molecular weight is 458 g/mol. The molecule has 11 heteroatoms. The number of anilines is 2. The van der Waals surface area contributed by atoms with Crippen molar-refractivity contribution < 1.29 is 22.8 Å². The second-order valence-corrected chi connectivity index (χ2v) is 8.30. The predicted molar refractivity (Wildman–Crippen MR) is 114 cm³/mol. The van der Waals surface area contributed by atoms with Gasteiger partial charge < -0.3 is 5.32 Å². The van der Waals surface area contributed by atoms with Crippen LogP contribution in [0, 0.1) is 12.8 Å². The van der Waals surface area contributed by atoms with E-state index >= 15 is 0 Å². The number of alkyl halides is 3. The molecule has 3 aromatic rings. The molecule has 1 aliphatic carbocycles. The first-order valence-corrected chi connectivity index (χ1v) is 10.6. The van der Waals surface area contributed by atoms with Gasteiger partial charge in [-0.25, -0.2) is 14.3 Å². The zero-order chi connectivity index (χ0) is 23.3. The van der Waals surface area contributed by atoms with Crippen LogP contribution in [-0.4, -0.2) is 51.8 Å². The lowest BCUT2D eigenvalue weighted by Crippen LogP contribution is -2.46. The second kappa shape index (κ2) is 7.75. The Hall–Kier alpha value is -3.63. The molecule has 0 radical (unpaired) electrons. The maximum atomic E-state index is 13.4. The molecule has 1 saturated carbocycles. The molecule has 5 rings (SSSR count). The quantitative estimate of drug-likeness (QED) is 0.634. The lowest BCUT2D eigenvalue weighted by atomic mass is 10.1. The fourth-order valence-corrected chi connectivity index (χ4v) is 4.11. The van der Waals surface area contributed by atoms with Gasteiger partial charge in [-0.1, -0.05) is 18.2 Å². The van der Waals surface area contributed by atoms with E-state index in [4.69, 9.17) is 0 Å². The fraction of sp³-hybridized carbons (Fsp3) is 0.364. The van der Waals surface area contributed by atoms with Crippen LogP contribution < -0.4 is 15.1 Å². The van der Waals surface area contributed by atoms with E-state index < -0.39 is 24.0 Å². The molecule has 0 spiro atoms. The number of carbonyl (C=O) groups is 2. The molecule has 2 fully saturated rings. The van der Waals surface area contributed by atoms with Gasteiger partial charge in [-0.15, -0.1) is 0 Å².